The summed E-state index contributed by atoms with van der Waals surface area (Å²) < 4.78 is 36.6. The predicted molar refractivity (Wildman–Crippen MR) is 263 cm³/mol. The number of aliphatic hydroxyl groups excluding tert-OH is 1. The molecular formula is C51H59N7O10S2. The van der Waals surface area contributed by atoms with Crippen molar-refractivity contribution < 1.29 is 47.7 Å². The van der Waals surface area contributed by atoms with E-state index in [9.17, 15) is 19.5 Å². The highest BCUT2D eigenvalue weighted by atomic mass is 32.1. The number of aromatic nitrogens is 3. The van der Waals surface area contributed by atoms with Crippen molar-refractivity contribution in [3.05, 3.63) is 106 Å². The molecule has 3 aliphatic rings. The first-order valence-electron chi connectivity index (χ1n) is 23.9. The van der Waals surface area contributed by atoms with Gasteiger partial charge in [-0.25, -0.2) is 4.98 Å². The van der Waals surface area contributed by atoms with Crippen LogP contribution in [0.3, 0.4) is 0 Å². The third-order valence-corrected chi connectivity index (χ3v) is 14.7. The molecule has 3 amide bonds. The SMILES string of the molecule is Cc1ncsc1-c1ccc(CNC(=O)[C@@H]2C[C@@H](O)CN2C(=O)C(C(C)C)N2Cc3ccccc3C2=O)c(OCCOCCOCCOc2cc(CN3CCC(Oc4ccnc5ccsc45)CC3)on2)c1. The number of pyridine rings is 1. The summed E-state index contributed by atoms with van der Waals surface area (Å²) in [5.41, 5.74) is 6.77. The fourth-order valence-electron chi connectivity index (χ4n) is 9.31. The molecular weight excluding hydrogens is 935 g/mol. The Morgan fingerprint density at radius 3 is 2.49 bits per heavy atom. The van der Waals surface area contributed by atoms with Gasteiger partial charge in [0.25, 0.3) is 11.8 Å². The first kappa shape index (κ1) is 49.0. The van der Waals surface area contributed by atoms with Gasteiger partial charge >= 0.3 is 0 Å². The maximum atomic E-state index is 14.2. The van der Waals surface area contributed by atoms with Gasteiger partial charge < -0.3 is 48.4 Å². The van der Waals surface area contributed by atoms with Crippen molar-refractivity contribution in [3.63, 3.8) is 0 Å². The molecule has 1 unspecified atom stereocenters. The van der Waals surface area contributed by atoms with Crippen LogP contribution in [0.15, 0.2) is 82.3 Å². The van der Waals surface area contributed by atoms with E-state index in [2.05, 4.69) is 25.3 Å². The van der Waals surface area contributed by atoms with Gasteiger partial charge in [-0.1, -0.05) is 44.2 Å². The van der Waals surface area contributed by atoms with Gasteiger partial charge in [0.2, 0.25) is 11.8 Å². The molecule has 17 nitrogen and oxygen atoms in total. The van der Waals surface area contributed by atoms with E-state index in [1.54, 1.807) is 34.0 Å². The number of hydrogen-bond acceptors (Lipinski definition) is 16. The average molecular weight is 994 g/mol. The minimum absolute atomic E-state index is 0.000508. The number of β-amino-alcohol motifs (C(OH)–C–C–N with tert-alkyl or cyclic N) is 1. The Kier molecular flexibility index (Phi) is 16.0. The zero-order valence-corrected chi connectivity index (χ0v) is 41.3. The molecule has 3 atom stereocenters. The summed E-state index contributed by atoms with van der Waals surface area (Å²) in [5, 5.41) is 19.9. The second-order valence-electron chi connectivity index (χ2n) is 18.1. The van der Waals surface area contributed by atoms with Gasteiger partial charge in [0.15, 0.2) is 5.76 Å². The van der Waals surface area contributed by atoms with E-state index in [-0.39, 0.29) is 50.0 Å². The van der Waals surface area contributed by atoms with Gasteiger partial charge in [-0.2, -0.15) is 0 Å². The molecule has 19 heteroatoms. The van der Waals surface area contributed by atoms with Gasteiger partial charge in [0.05, 0.1) is 65.4 Å². The number of aryl methyl sites for hydroxylation is 1. The number of thiazole rings is 1. The second kappa shape index (κ2) is 22.9. The number of likely N-dealkylation sites (tertiary alicyclic amines) is 2. The molecule has 2 N–H and O–H groups in total. The zero-order chi connectivity index (χ0) is 48.6. The van der Waals surface area contributed by atoms with E-state index in [1.807, 2.05) is 80.7 Å². The lowest BCUT2D eigenvalue weighted by atomic mass is 10.0. The van der Waals surface area contributed by atoms with Gasteiger partial charge in [0.1, 0.15) is 42.9 Å². The Bertz CT molecular complexity index is 2730. The summed E-state index contributed by atoms with van der Waals surface area (Å²) in [5.74, 6) is 1.45. The first-order chi connectivity index (χ1) is 34.1. The number of nitrogens with zero attached hydrogens (tertiary/aromatic N) is 6. The Hall–Kier alpha value is -5.96. The van der Waals surface area contributed by atoms with Gasteiger partial charge in [-0.05, 0) is 71.6 Å². The van der Waals surface area contributed by atoms with Crippen LogP contribution in [0.4, 0.5) is 0 Å². The van der Waals surface area contributed by atoms with E-state index in [0.29, 0.717) is 63.3 Å². The van der Waals surface area contributed by atoms with Crippen molar-refractivity contribution in [2.75, 3.05) is 59.3 Å². The standard InChI is InChI=1S/C51H59N7O10S2/c1-32(2)46(58-28-36-6-4-5-7-40(36)50(58)61)51(62)57-29-37(59)25-42(57)49(60)53-27-35-9-8-34(47-33(3)54-31-70-47)24-44(35)65-21-19-63-17-18-64-20-22-66-45-26-39(68-55-45)30-56-15-11-38(12-16-56)67-43-10-14-52-41-13-23-69-48(41)43/h4-10,13-14,23-24,26,31-32,37-38,42,46,59H,11-12,15-22,25,27-30H2,1-3H3,(H,53,60)/t37-,42+,46?/m1/s1. The lowest BCUT2D eigenvalue weighted by Gasteiger charge is -2.35. The molecule has 0 bridgehead atoms. The van der Waals surface area contributed by atoms with Crippen LogP contribution in [-0.4, -0.2) is 136 Å². The number of ether oxygens (including phenoxy) is 5. The van der Waals surface area contributed by atoms with E-state index >= 15 is 0 Å². The van der Waals surface area contributed by atoms with E-state index in [0.717, 1.165) is 74.9 Å². The van der Waals surface area contributed by atoms with Crippen molar-refractivity contribution in [2.24, 2.45) is 5.92 Å². The van der Waals surface area contributed by atoms with Gasteiger partial charge in [-0.15, -0.1) is 22.7 Å². The lowest BCUT2D eigenvalue weighted by molar-refractivity contribution is -0.143. The number of carbonyl (C=O) groups excluding carboxylic acids is 3. The summed E-state index contributed by atoms with van der Waals surface area (Å²) in [6.45, 7) is 10.5. The fourth-order valence-corrected chi connectivity index (χ4v) is 10.9. The van der Waals surface area contributed by atoms with Crippen molar-refractivity contribution >= 4 is 50.6 Å². The molecule has 2 fully saturated rings. The van der Waals surface area contributed by atoms with Gasteiger partial charge in [-0.3, -0.25) is 24.3 Å². The van der Waals surface area contributed by atoms with E-state index in [4.69, 9.17) is 28.2 Å². The largest absolute Gasteiger partial charge is 0.491 e. The highest BCUT2D eigenvalue weighted by Crippen LogP contribution is 2.34. The highest BCUT2D eigenvalue weighted by Gasteiger charge is 2.46. The third kappa shape index (κ3) is 11.6. The summed E-state index contributed by atoms with van der Waals surface area (Å²) in [6, 6.07) is 17.2. The zero-order valence-electron chi connectivity index (χ0n) is 39.6. The summed E-state index contributed by atoms with van der Waals surface area (Å²) in [4.78, 5) is 56.7. The Labute approximate surface area is 414 Å². The Morgan fingerprint density at radius 1 is 0.929 bits per heavy atom. The number of thiophene rings is 1. The van der Waals surface area contributed by atoms with E-state index in [1.165, 1.54) is 16.2 Å². The number of amides is 3. The summed E-state index contributed by atoms with van der Waals surface area (Å²) in [6.07, 6.45) is 3.02. The van der Waals surface area contributed by atoms with Crippen LogP contribution in [-0.2, 0) is 38.7 Å². The van der Waals surface area contributed by atoms with Crippen LogP contribution in [0, 0.1) is 12.8 Å². The quantitative estimate of drug-likeness (QED) is 0.0700. The maximum absolute atomic E-state index is 14.2. The van der Waals surface area contributed by atoms with Crippen molar-refractivity contribution in [3.8, 4) is 27.8 Å². The number of hydrogen-bond donors (Lipinski definition) is 2. The van der Waals surface area contributed by atoms with Crippen LogP contribution in [0.5, 0.6) is 17.4 Å². The summed E-state index contributed by atoms with van der Waals surface area (Å²) >= 11 is 3.18. The summed E-state index contributed by atoms with van der Waals surface area (Å²) in [7, 11) is 0. The molecule has 9 rings (SSSR count). The molecule has 0 radical (unpaired) electrons. The molecule has 0 aliphatic carbocycles. The molecule has 4 aromatic heterocycles. The topological polar surface area (TPSA) is 191 Å². The predicted octanol–water partition coefficient (Wildman–Crippen LogP) is 6.51. The molecule has 7 heterocycles. The second-order valence-corrected chi connectivity index (χ2v) is 19.8. The Balaban J connectivity index is 0.695. The third-order valence-electron chi connectivity index (χ3n) is 12.8. The smallest absolute Gasteiger partial charge is 0.255 e. The molecule has 0 saturated carbocycles. The molecule has 70 heavy (non-hydrogen) atoms. The van der Waals surface area contributed by atoms with Crippen LogP contribution >= 0.6 is 22.7 Å². The van der Waals surface area contributed by atoms with Crippen molar-refractivity contribution in [1.29, 1.82) is 0 Å². The van der Waals surface area contributed by atoms with Gasteiger partial charge in [0, 0.05) is 62.5 Å². The van der Waals surface area contributed by atoms with Crippen molar-refractivity contribution in [2.45, 2.75) is 84.0 Å². The molecule has 0 spiro atoms. The number of nitrogens with one attached hydrogen (secondary N) is 1. The number of fused-ring (bicyclic) bond motifs is 2. The van der Waals surface area contributed by atoms with Crippen LogP contribution in [0.25, 0.3) is 20.7 Å². The highest BCUT2D eigenvalue weighted by molar-refractivity contribution is 7.17. The van der Waals surface area contributed by atoms with Crippen LogP contribution in [0.2, 0.25) is 0 Å². The molecule has 2 aromatic carbocycles. The minimum Gasteiger partial charge on any atom is -0.491 e. The number of aliphatic hydroxyl groups is 1. The molecule has 6 aromatic rings. The first-order valence-corrected chi connectivity index (χ1v) is 25.6. The van der Waals surface area contributed by atoms with Crippen LogP contribution < -0.4 is 19.5 Å². The van der Waals surface area contributed by atoms with Crippen molar-refractivity contribution in [1.82, 2.24) is 35.1 Å². The molecule has 370 valence electrons. The van der Waals surface area contributed by atoms with Crippen LogP contribution in [0.1, 0.15) is 66.0 Å². The Morgan fingerprint density at radius 2 is 1.71 bits per heavy atom. The monoisotopic (exact) mass is 993 g/mol. The average Bonchev–Trinajstić information content (AvgIpc) is 4.23. The number of benzene rings is 2. The number of rotatable bonds is 22. The lowest BCUT2D eigenvalue weighted by Crippen LogP contribution is -2.55. The minimum atomic E-state index is -0.910. The number of piperidine rings is 1. The van der Waals surface area contributed by atoms with E-state index < -0.39 is 24.1 Å². The molecule has 2 saturated heterocycles. The number of carbonyl (C=O) groups is 3. The fraction of sp³-hybridized carbons (Fsp3) is 0.451. The normalized spacial score (nSPS) is 17.9. The maximum Gasteiger partial charge on any atom is 0.255 e. The molecule has 3 aliphatic heterocycles.